The fourth-order valence-corrected chi connectivity index (χ4v) is 5.19. The van der Waals surface area contributed by atoms with Crippen molar-refractivity contribution in [3.05, 3.63) is 107 Å². The number of benzene rings is 3. The van der Waals surface area contributed by atoms with Gasteiger partial charge in [-0.05, 0) is 56.0 Å². The van der Waals surface area contributed by atoms with Crippen LogP contribution < -0.4 is 0 Å². The zero-order chi connectivity index (χ0) is 22.6. The minimum Gasteiger partial charge on any atom is -0.361 e. The highest BCUT2D eigenvalue weighted by atomic mass is 15.3. The Morgan fingerprint density at radius 3 is 2.00 bits per heavy atom. The van der Waals surface area contributed by atoms with Gasteiger partial charge >= 0.3 is 0 Å². The van der Waals surface area contributed by atoms with Crippen LogP contribution in [0.3, 0.4) is 0 Å². The van der Waals surface area contributed by atoms with Crippen LogP contribution in [0, 0.1) is 13.8 Å². The summed E-state index contributed by atoms with van der Waals surface area (Å²) in [6, 6.07) is 27.2. The largest absolute Gasteiger partial charge is 0.361 e. The number of nitrogens with one attached hydrogen (secondary N) is 1. The second-order valence-electron chi connectivity index (χ2n) is 9.56. The molecule has 170 valence electrons. The van der Waals surface area contributed by atoms with E-state index in [1.807, 2.05) is 0 Å². The molecule has 0 aliphatic carbocycles. The molecule has 3 nitrogen and oxygen atoms in total. The Kier molecular flexibility index (Phi) is 6.61. The first-order valence-electron chi connectivity index (χ1n) is 12.3. The van der Waals surface area contributed by atoms with Crippen LogP contribution in [-0.4, -0.2) is 47.5 Å². The van der Waals surface area contributed by atoms with E-state index < -0.39 is 0 Å². The summed E-state index contributed by atoms with van der Waals surface area (Å²) in [5.41, 5.74) is 8.14. The number of H-pyrrole nitrogens is 1. The number of hydrogen-bond acceptors (Lipinski definition) is 2. The van der Waals surface area contributed by atoms with Crippen LogP contribution in [0.15, 0.2) is 79.0 Å². The first kappa shape index (κ1) is 21.9. The van der Waals surface area contributed by atoms with Crippen LogP contribution in [-0.2, 0) is 6.42 Å². The number of nitrogens with zero attached hydrogens (tertiary/aromatic N) is 2. The van der Waals surface area contributed by atoms with E-state index in [2.05, 4.69) is 108 Å². The van der Waals surface area contributed by atoms with Gasteiger partial charge in [-0.25, -0.2) is 0 Å². The Morgan fingerprint density at radius 1 is 0.758 bits per heavy atom. The number of piperazine rings is 1. The summed E-state index contributed by atoms with van der Waals surface area (Å²) in [4.78, 5) is 8.73. The van der Waals surface area contributed by atoms with Crippen molar-refractivity contribution < 1.29 is 0 Å². The molecule has 1 N–H and O–H groups in total. The number of para-hydroxylation sites is 1. The van der Waals surface area contributed by atoms with Gasteiger partial charge in [-0.3, -0.25) is 4.90 Å². The first-order chi connectivity index (χ1) is 16.2. The normalized spacial score (nSPS) is 15.5. The standard InChI is InChI=1S/C30H35N3/c1-23-9-13-25(14-10-23)30(26-15-11-24(2)12-16-26)33-20-18-32(19-21-33)17-5-6-27-22-31-29-8-4-3-7-28(27)29/h3-4,7-16,22,30-31H,5-6,17-21H2,1-2H3. The van der Waals surface area contributed by atoms with Crippen LogP contribution in [0.4, 0.5) is 0 Å². The molecule has 3 heteroatoms. The van der Waals surface area contributed by atoms with Gasteiger partial charge in [0.2, 0.25) is 0 Å². The van der Waals surface area contributed by atoms with E-state index in [-0.39, 0.29) is 0 Å². The van der Waals surface area contributed by atoms with Crippen molar-refractivity contribution in [3.63, 3.8) is 0 Å². The molecule has 0 unspecified atom stereocenters. The molecule has 5 rings (SSSR count). The second kappa shape index (κ2) is 9.94. The molecule has 1 fully saturated rings. The van der Waals surface area contributed by atoms with E-state index in [1.54, 1.807) is 0 Å². The van der Waals surface area contributed by atoms with Crippen molar-refractivity contribution in [2.45, 2.75) is 32.7 Å². The summed E-state index contributed by atoms with van der Waals surface area (Å²) in [6.07, 6.45) is 4.54. The molecule has 1 aliphatic heterocycles. The van der Waals surface area contributed by atoms with E-state index in [9.17, 15) is 0 Å². The van der Waals surface area contributed by atoms with Crippen molar-refractivity contribution in [3.8, 4) is 0 Å². The highest BCUT2D eigenvalue weighted by Crippen LogP contribution is 2.30. The lowest BCUT2D eigenvalue weighted by Crippen LogP contribution is -2.48. The first-order valence-corrected chi connectivity index (χ1v) is 12.3. The van der Waals surface area contributed by atoms with Gasteiger partial charge < -0.3 is 9.88 Å². The van der Waals surface area contributed by atoms with E-state index >= 15 is 0 Å². The second-order valence-corrected chi connectivity index (χ2v) is 9.56. The Labute approximate surface area is 198 Å². The number of hydrogen-bond donors (Lipinski definition) is 1. The maximum atomic E-state index is 3.41. The molecule has 0 radical (unpaired) electrons. The Balaban J connectivity index is 1.21. The zero-order valence-electron chi connectivity index (χ0n) is 19.9. The van der Waals surface area contributed by atoms with Crippen molar-refractivity contribution in [1.29, 1.82) is 0 Å². The molecule has 0 bridgehead atoms. The summed E-state index contributed by atoms with van der Waals surface area (Å²) in [6.45, 7) is 10.0. The maximum Gasteiger partial charge on any atom is 0.0602 e. The number of aryl methyl sites for hydroxylation is 3. The average molecular weight is 438 g/mol. The molecule has 0 spiro atoms. The number of aromatic nitrogens is 1. The van der Waals surface area contributed by atoms with Crippen LogP contribution >= 0.6 is 0 Å². The summed E-state index contributed by atoms with van der Waals surface area (Å²) in [5, 5.41) is 1.38. The summed E-state index contributed by atoms with van der Waals surface area (Å²) < 4.78 is 0. The van der Waals surface area contributed by atoms with Crippen molar-refractivity contribution >= 4 is 10.9 Å². The lowest BCUT2D eigenvalue weighted by atomic mass is 9.95. The Bertz CT molecular complexity index is 1120. The van der Waals surface area contributed by atoms with Gasteiger partial charge in [0.05, 0.1) is 6.04 Å². The molecule has 0 atom stereocenters. The molecule has 3 aromatic carbocycles. The predicted octanol–water partition coefficient (Wildman–Crippen LogP) is 6.12. The molecule has 0 amide bonds. The highest BCUT2D eigenvalue weighted by Gasteiger charge is 2.26. The predicted molar refractivity (Wildman–Crippen MR) is 139 cm³/mol. The van der Waals surface area contributed by atoms with Gasteiger partial charge in [0, 0.05) is 43.3 Å². The van der Waals surface area contributed by atoms with Gasteiger partial charge in [-0.15, -0.1) is 0 Å². The number of fused-ring (bicyclic) bond motifs is 1. The quantitative estimate of drug-likeness (QED) is 0.376. The number of aromatic amines is 1. The fraction of sp³-hybridized carbons (Fsp3) is 0.333. The number of rotatable bonds is 7. The molecule has 2 heterocycles. The molecule has 1 saturated heterocycles. The fourth-order valence-electron chi connectivity index (χ4n) is 5.19. The molecule has 1 aromatic heterocycles. The summed E-state index contributed by atoms with van der Waals surface area (Å²) in [5.74, 6) is 0. The smallest absolute Gasteiger partial charge is 0.0602 e. The van der Waals surface area contributed by atoms with E-state index in [0.29, 0.717) is 6.04 Å². The molecule has 0 saturated carbocycles. The lowest BCUT2D eigenvalue weighted by Gasteiger charge is -2.40. The average Bonchev–Trinajstić information content (AvgIpc) is 3.26. The van der Waals surface area contributed by atoms with Crippen LogP contribution in [0.5, 0.6) is 0 Å². The Hall–Kier alpha value is -2.88. The van der Waals surface area contributed by atoms with E-state index in [4.69, 9.17) is 0 Å². The van der Waals surface area contributed by atoms with Crippen molar-refractivity contribution in [1.82, 2.24) is 14.8 Å². The monoisotopic (exact) mass is 437 g/mol. The summed E-state index contributed by atoms with van der Waals surface area (Å²) in [7, 11) is 0. The van der Waals surface area contributed by atoms with Gasteiger partial charge in [0.1, 0.15) is 0 Å². The van der Waals surface area contributed by atoms with Crippen molar-refractivity contribution in [2.24, 2.45) is 0 Å². The minimum absolute atomic E-state index is 0.333. The zero-order valence-corrected chi connectivity index (χ0v) is 19.9. The molecular weight excluding hydrogens is 402 g/mol. The van der Waals surface area contributed by atoms with E-state index in [0.717, 1.165) is 32.6 Å². The van der Waals surface area contributed by atoms with Gasteiger partial charge in [-0.2, -0.15) is 0 Å². The van der Waals surface area contributed by atoms with Crippen molar-refractivity contribution in [2.75, 3.05) is 32.7 Å². The van der Waals surface area contributed by atoms with Gasteiger partial charge in [0.25, 0.3) is 0 Å². The Morgan fingerprint density at radius 2 is 1.36 bits per heavy atom. The molecule has 1 aliphatic rings. The van der Waals surface area contributed by atoms with Gasteiger partial charge in [0.15, 0.2) is 0 Å². The molecular formula is C30H35N3. The van der Waals surface area contributed by atoms with Crippen LogP contribution in [0.1, 0.15) is 40.3 Å². The van der Waals surface area contributed by atoms with Crippen LogP contribution in [0.2, 0.25) is 0 Å². The highest BCUT2D eigenvalue weighted by molar-refractivity contribution is 5.83. The van der Waals surface area contributed by atoms with E-state index in [1.165, 1.54) is 51.7 Å². The molecule has 33 heavy (non-hydrogen) atoms. The lowest BCUT2D eigenvalue weighted by molar-refractivity contribution is 0.109. The molecule has 4 aromatic rings. The topological polar surface area (TPSA) is 22.3 Å². The third-order valence-corrected chi connectivity index (χ3v) is 7.15. The van der Waals surface area contributed by atoms with Crippen LogP contribution in [0.25, 0.3) is 10.9 Å². The minimum atomic E-state index is 0.333. The third kappa shape index (κ3) is 5.05. The summed E-state index contributed by atoms with van der Waals surface area (Å²) >= 11 is 0. The maximum absolute atomic E-state index is 3.41. The van der Waals surface area contributed by atoms with Gasteiger partial charge in [-0.1, -0.05) is 77.9 Å². The SMILES string of the molecule is Cc1ccc(C(c2ccc(C)cc2)N2CCN(CCCc3c[nH]c4ccccc34)CC2)cc1. The third-order valence-electron chi connectivity index (χ3n) is 7.15.